The SMILES string of the molecule is COCC12CCCCN1C(=O)CCCS2. The first-order valence-corrected chi connectivity index (χ1v) is 6.70. The number of rotatable bonds is 2. The maximum absolute atomic E-state index is 12.0. The highest BCUT2D eigenvalue weighted by molar-refractivity contribution is 8.00. The molecule has 1 unspecified atom stereocenters. The molecule has 86 valence electrons. The molecule has 2 saturated heterocycles. The quantitative estimate of drug-likeness (QED) is 0.724. The molecule has 0 aromatic heterocycles. The minimum absolute atomic E-state index is 0.0411. The zero-order valence-electron chi connectivity index (χ0n) is 9.33. The molecule has 0 aromatic carbocycles. The Morgan fingerprint density at radius 2 is 2.33 bits per heavy atom. The maximum Gasteiger partial charge on any atom is 0.223 e. The minimum Gasteiger partial charge on any atom is -0.381 e. The van der Waals surface area contributed by atoms with E-state index in [0.29, 0.717) is 12.5 Å². The van der Waals surface area contributed by atoms with Gasteiger partial charge in [-0.25, -0.2) is 0 Å². The van der Waals surface area contributed by atoms with Gasteiger partial charge in [0.1, 0.15) is 4.87 Å². The van der Waals surface area contributed by atoms with E-state index in [2.05, 4.69) is 4.90 Å². The largest absolute Gasteiger partial charge is 0.381 e. The van der Waals surface area contributed by atoms with Crippen LogP contribution in [0.5, 0.6) is 0 Å². The molecule has 2 heterocycles. The van der Waals surface area contributed by atoms with Crippen LogP contribution in [0.25, 0.3) is 0 Å². The van der Waals surface area contributed by atoms with Gasteiger partial charge in [-0.05, 0) is 31.4 Å². The van der Waals surface area contributed by atoms with Crippen LogP contribution in [0.4, 0.5) is 0 Å². The third kappa shape index (κ3) is 2.16. The summed E-state index contributed by atoms with van der Waals surface area (Å²) in [6.45, 7) is 1.61. The molecule has 0 radical (unpaired) electrons. The number of amides is 1. The molecule has 3 nitrogen and oxygen atoms in total. The second-order valence-corrected chi connectivity index (χ2v) is 5.79. The normalized spacial score (nSPS) is 32.3. The fourth-order valence-corrected chi connectivity index (χ4v) is 4.06. The Morgan fingerprint density at radius 1 is 1.47 bits per heavy atom. The van der Waals surface area contributed by atoms with Crippen LogP contribution in [0.3, 0.4) is 0 Å². The van der Waals surface area contributed by atoms with E-state index in [1.165, 1.54) is 6.42 Å². The van der Waals surface area contributed by atoms with E-state index in [1.54, 1.807) is 7.11 Å². The number of hydrogen-bond acceptors (Lipinski definition) is 3. The highest BCUT2D eigenvalue weighted by Crippen LogP contribution is 2.41. The van der Waals surface area contributed by atoms with Crippen molar-refractivity contribution in [3.63, 3.8) is 0 Å². The molecule has 0 saturated carbocycles. The first kappa shape index (κ1) is 11.3. The lowest BCUT2D eigenvalue weighted by molar-refractivity contribution is -0.137. The predicted molar refractivity (Wildman–Crippen MR) is 61.9 cm³/mol. The van der Waals surface area contributed by atoms with Gasteiger partial charge in [-0.15, -0.1) is 11.8 Å². The summed E-state index contributed by atoms with van der Waals surface area (Å²) >= 11 is 1.92. The van der Waals surface area contributed by atoms with Crippen LogP contribution in [0.15, 0.2) is 0 Å². The number of piperidine rings is 1. The van der Waals surface area contributed by atoms with Crippen molar-refractivity contribution in [2.75, 3.05) is 26.0 Å². The third-order valence-electron chi connectivity index (χ3n) is 3.27. The van der Waals surface area contributed by atoms with Gasteiger partial charge in [-0.2, -0.15) is 0 Å². The van der Waals surface area contributed by atoms with Gasteiger partial charge in [0, 0.05) is 20.1 Å². The van der Waals surface area contributed by atoms with E-state index >= 15 is 0 Å². The van der Waals surface area contributed by atoms with E-state index in [1.807, 2.05) is 11.8 Å². The van der Waals surface area contributed by atoms with Gasteiger partial charge in [-0.3, -0.25) is 4.79 Å². The molecule has 0 aromatic rings. The smallest absolute Gasteiger partial charge is 0.223 e. The number of hydrogen-bond donors (Lipinski definition) is 0. The lowest BCUT2D eigenvalue weighted by Gasteiger charge is -2.45. The average Bonchev–Trinajstić information content (AvgIpc) is 2.40. The molecule has 2 aliphatic heterocycles. The van der Waals surface area contributed by atoms with Crippen molar-refractivity contribution >= 4 is 17.7 Å². The first-order valence-electron chi connectivity index (χ1n) is 5.72. The van der Waals surface area contributed by atoms with Crippen molar-refractivity contribution in [3.8, 4) is 0 Å². The van der Waals surface area contributed by atoms with Crippen LogP contribution in [0, 0.1) is 0 Å². The Kier molecular flexibility index (Phi) is 3.57. The maximum atomic E-state index is 12.0. The van der Waals surface area contributed by atoms with Gasteiger partial charge < -0.3 is 9.64 Å². The Morgan fingerprint density at radius 3 is 3.13 bits per heavy atom. The minimum atomic E-state index is -0.0411. The van der Waals surface area contributed by atoms with E-state index in [0.717, 1.165) is 38.0 Å². The van der Waals surface area contributed by atoms with Crippen LogP contribution in [-0.4, -0.2) is 41.7 Å². The van der Waals surface area contributed by atoms with Crippen molar-refractivity contribution in [2.24, 2.45) is 0 Å². The zero-order valence-corrected chi connectivity index (χ0v) is 10.1. The fourth-order valence-electron chi connectivity index (χ4n) is 2.55. The summed E-state index contributed by atoms with van der Waals surface area (Å²) < 4.78 is 5.33. The van der Waals surface area contributed by atoms with Gasteiger partial charge in [0.15, 0.2) is 0 Å². The Bertz CT molecular complexity index is 243. The molecule has 2 aliphatic rings. The van der Waals surface area contributed by atoms with Crippen LogP contribution in [-0.2, 0) is 9.53 Å². The number of thioether (sulfide) groups is 1. The summed E-state index contributed by atoms with van der Waals surface area (Å²) in [6.07, 6.45) is 5.21. The number of carbonyl (C=O) groups is 1. The highest BCUT2D eigenvalue weighted by atomic mass is 32.2. The zero-order chi connectivity index (χ0) is 10.7. The summed E-state index contributed by atoms with van der Waals surface area (Å²) in [5, 5.41) is 0. The summed E-state index contributed by atoms with van der Waals surface area (Å²) in [5.41, 5.74) is 0. The van der Waals surface area contributed by atoms with Crippen molar-refractivity contribution in [1.29, 1.82) is 0 Å². The summed E-state index contributed by atoms with van der Waals surface area (Å²) in [4.78, 5) is 14.0. The van der Waals surface area contributed by atoms with Crippen molar-refractivity contribution in [1.82, 2.24) is 4.90 Å². The number of fused-ring (bicyclic) bond motifs is 1. The number of ether oxygens (including phenoxy) is 1. The molecule has 1 amide bonds. The van der Waals surface area contributed by atoms with Crippen molar-refractivity contribution < 1.29 is 9.53 Å². The number of carbonyl (C=O) groups excluding carboxylic acids is 1. The first-order chi connectivity index (χ1) is 7.28. The van der Waals surface area contributed by atoms with Gasteiger partial charge in [-0.1, -0.05) is 0 Å². The summed E-state index contributed by atoms with van der Waals surface area (Å²) in [6, 6.07) is 0. The lowest BCUT2D eigenvalue weighted by atomic mass is 10.0. The molecular weight excluding hydrogens is 210 g/mol. The van der Waals surface area contributed by atoms with Crippen molar-refractivity contribution in [2.45, 2.75) is 37.0 Å². The topological polar surface area (TPSA) is 29.5 Å². The second kappa shape index (κ2) is 4.74. The predicted octanol–water partition coefficient (Wildman–Crippen LogP) is 1.87. The van der Waals surface area contributed by atoms with E-state index in [4.69, 9.17) is 4.74 Å². The molecule has 0 bridgehead atoms. The molecule has 4 heteroatoms. The molecular formula is C11H19NO2S. The van der Waals surface area contributed by atoms with E-state index in [-0.39, 0.29) is 4.87 Å². The molecule has 0 aliphatic carbocycles. The fraction of sp³-hybridized carbons (Fsp3) is 0.909. The van der Waals surface area contributed by atoms with E-state index in [9.17, 15) is 4.79 Å². The van der Waals surface area contributed by atoms with E-state index < -0.39 is 0 Å². The second-order valence-electron chi connectivity index (χ2n) is 4.33. The Balaban J connectivity index is 2.20. The molecule has 0 spiro atoms. The molecule has 15 heavy (non-hydrogen) atoms. The van der Waals surface area contributed by atoms with Gasteiger partial charge in [0.05, 0.1) is 6.61 Å². The van der Waals surface area contributed by atoms with Crippen LogP contribution >= 0.6 is 11.8 Å². The van der Waals surface area contributed by atoms with Gasteiger partial charge in [0.25, 0.3) is 0 Å². The Labute approximate surface area is 95.5 Å². The Hall–Kier alpha value is -0.220. The highest BCUT2D eigenvalue weighted by Gasteiger charge is 2.43. The molecule has 1 atom stereocenters. The molecule has 2 fully saturated rings. The molecule has 2 rings (SSSR count). The average molecular weight is 229 g/mol. The number of methoxy groups -OCH3 is 1. The van der Waals surface area contributed by atoms with Crippen LogP contribution in [0.2, 0.25) is 0 Å². The summed E-state index contributed by atoms with van der Waals surface area (Å²) in [7, 11) is 1.73. The monoisotopic (exact) mass is 229 g/mol. The van der Waals surface area contributed by atoms with Gasteiger partial charge >= 0.3 is 0 Å². The third-order valence-corrected chi connectivity index (χ3v) is 4.84. The van der Waals surface area contributed by atoms with Gasteiger partial charge in [0.2, 0.25) is 5.91 Å². The molecule has 0 N–H and O–H groups in total. The summed E-state index contributed by atoms with van der Waals surface area (Å²) in [5.74, 6) is 1.42. The van der Waals surface area contributed by atoms with Crippen molar-refractivity contribution in [3.05, 3.63) is 0 Å². The number of nitrogens with zero attached hydrogens (tertiary/aromatic N) is 1. The van der Waals surface area contributed by atoms with Crippen LogP contribution in [0.1, 0.15) is 32.1 Å². The lowest BCUT2D eigenvalue weighted by Crippen LogP contribution is -2.54. The standard InChI is InChI=1S/C11H19NO2S/c1-14-9-11-6-2-3-7-12(11)10(13)5-4-8-15-11/h2-9H2,1H3. The van der Waals surface area contributed by atoms with Crippen LogP contribution < -0.4 is 0 Å².